The van der Waals surface area contributed by atoms with Gasteiger partial charge in [0.15, 0.2) is 0 Å². The summed E-state index contributed by atoms with van der Waals surface area (Å²) in [5.74, 6) is 0.850. The van der Waals surface area contributed by atoms with E-state index in [2.05, 4.69) is 38.3 Å². The molecular formula is C22H20NO2S. The zero-order chi connectivity index (χ0) is 18.1. The van der Waals surface area contributed by atoms with Gasteiger partial charge in [0.05, 0.1) is 23.8 Å². The largest absolute Gasteiger partial charge is 0.487 e. The van der Waals surface area contributed by atoms with E-state index in [1.165, 1.54) is 0 Å². The van der Waals surface area contributed by atoms with Crippen molar-refractivity contribution in [2.75, 3.05) is 0 Å². The minimum Gasteiger partial charge on any atom is -0.487 e. The minimum absolute atomic E-state index is 0.0239. The molecule has 2 aliphatic rings. The van der Waals surface area contributed by atoms with Crippen molar-refractivity contribution < 1.29 is 9.15 Å². The van der Waals surface area contributed by atoms with E-state index in [0.717, 1.165) is 38.7 Å². The Labute approximate surface area is 157 Å². The van der Waals surface area contributed by atoms with Crippen molar-refractivity contribution in [3.63, 3.8) is 0 Å². The number of thiazole rings is 1. The molecule has 0 bridgehead atoms. The highest BCUT2D eigenvalue weighted by atomic mass is 32.1. The molecule has 0 atom stereocenters. The number of hydrogen-bond acceptors (Lipinski definition) is 4. The fraction of sp³-hybridized carbons (Fsp3) is 0.227. The smallest absolute Gasteiger partial charge is 0.138 e. The lowest BCUT2D eigenvalue weighted by Crippen LogP contribution is -2.11. The van der Waals surface area contributed by atoms with Gasteiger partial charge < -0.3 is 9.15 Å². The molecule has 0 unspecified atom stereocenters. The molecule has 0 saturated carbocycles. The number of rotatable bonds is 4. The summed E-state index contributed by atoms with van der Waals surface area (Å²) in [5.41, 5.74) is 5.20. The Kier molecular flexibility index (Phi) is 4.29. The number of nitrogens with zero attached hydrogens (tertiary/aromatic N) is 1. The van der Waals surface area contributed by atoms with Gasteiger partial charge in [0, 0.05) is 21.9 Å². The summed E-state index contributed by atoms with van der Waals surface area (Å²) in [7, 11) is 0. The third-order valence-corrected chi connectivity index (χ3v) is 5.13. The van der Waals surface area contributed by atoms with Crippen molar-refractivity contribution >= 4 is 11.3 Å². The van der Waals surface area contributed by atoms with E-state index in [4.69, 9.17) is 14.1 Å². The zero-order valence-corrected chi connectivity index (χ0v) is 15.9. The number of benzene rings is 1. The first kappa shape index (κ1) is 16.9. The van der Waals surface area contributed by atoms with Gasteiger partial charge in [0.2, 0.25) is 0 Å². The van der Waals surface area contributed by atoms with Crippen molar-refractivity contribution in [1.82, 2.24) is 4.98 Å². The summed E-state index contributed by atoms with van der Waals surface area (Å²) in [4.78, 5) is 4.86. The first-order valence-corrected chi connectivity index (χ1v) is 9.44. The molecule has 1 aromatic heterocycles. The summed E-state index contributed by atoms with van der Waals surface area (Å²) in [6.07, 6.45) is 3.43. The Morgan fingerprint density at radius 2 is 2.08 bits per heavy atom. The molecule has 0 fully saturated rings. The molecular weight excluding hydrogens is 342 g/mol. The quantitative estimate of drug-likeness (QED) is 0.434. The Morgan fingerprint density at radius 1 is 1.19 bits per heavy atom. The monoisotopic (exact) mass is 362 g/mol. The van der Waals surface area contributed by atoms with Crippen LogP contribution < -0.4 is 4.74 Å². The molecule has 26 heavy (non-hydrogen) atoms. The van der Waals surface area contributed by atoms with Gasteiger partial charge in [0.1, 0.15) is 17.4 Å². The molecule has 1 aromatic carbocycles. The second kappa shape index (κ2) is 6.61. The van der Waals surface area contributed by atoms with Crippen LogP contribution in [0.3, 0.4) is 0 Å². The SMILES string of the molecule is CC(C)(C)c1csc(-c2cc3coccc-3c2OCc2[c]cccc2)n1. The topological polar surface area (TPSA) is 35.3 Å². The first-order valence-electron chi connectivity index (χ1n) is 8.56. The summed E-state index contributed by atoms with van der Waals surface area (Å²) in [6.45, 7) is 7.00. The molecule has 1 radical (unpaired) electrons. The standard InChI is InChI=1S/C22H20NO2S/c1-22(2,3)19-14-26-21(23-19)18-11-16-13-24-10-9-17(16)20(18)25-12-15-7-5-4-6-8-15/h4-7,9-11,13-14H,12H2,1-3H3. The van der Waals surface area contributed by atoms with E-state index < -0.39 is 0 Å². The Morgan fingerprint density at radius 3 is 2.81 bits per heavy atom. The van der Waals surface area contributed by atoms with Gasteiger partial charge in [-0.25, -0.2) is 4.98 Å². The van der Waals surface area contributed by atoms with Crippen LogP contribution in [-0.2, 0) is 12.0 Å². The molecule has 4 heteroatoms. The Balaban J connectivity index is 1.74. The van der Waals surface area contributed by atoms with E-state index >= 15 is 0 Å². The van der Waals surface area contributed by atoms with E-state index in [1.54, 1.807) is 23.9 Å². The molecule has 0 amide bonds. The number of hydrogen-bond donors (Lipinski definition) is 0. The molecule has 4 rings (SSSR count). The van der Waals surface area contributed by atoms with Crippen LogP contribution in [0.5, 0.6) is 5.75 Å². The maximum absolute atomic E-state index is 6.22. The predicted molar refractivity (Wildman–Crippen MR) is 105 cm³/mol. The molecule has 0 N–H and O–H groups in total. The maximum Gasteiger partial charge on any atom is 0.138 e. The van der Waals surface area contributed by atoms with E-state index in [1.807, 2.05) is 30.3 Å². The van der Waals surface area contributed by atoms with Crippen molar-refractivity contribution in [2.24, 2.45) is 0 Å². The Hall–Kier alpha value is -2.59. The minimum atomic E-state index is 0.0239. The van der Waals surface area contributed by atoms with Crippen LogP contribution in [0.2, 0.25) is 0 Å². The van der Waals surface area contributed by atoms with Crippen LogP contribution in [0.1, 0.15) is 32.0 Å². The average molecular weight is 362 g/mol. The van der Waals surface area contributed by atoms with Gasteiger partial charge in [-0.1, -0.05) is 45.0 Å². The summed E-state index contributed by atoms with van der Waals surface area (Å²) in [5, 5.41) is 3.10. The molecule has 0 saturated heterocycles. The molecule has 0 spiro atoms. The molecule has 2 heterocycles. The maximum atomic E-state index is 6.22. The van der Waals surface area contributed by atoms with Crippen LogP contribution >= 0.6 is 11.3 Å². The Bertz CT molecular complexity index is 979. The van der Waals surface area contributed by atoms with E-state index in [9.17, 15) is 0 Å². The second-order valence-corrected chi connectivity index (χ2v) is 8.14. The molecule has 2 aromatic rings. The first-order chi connectivity index (χ1) is 12.5. The molecule has 1 aliphatic carbocycles. The van der Waals surface area contributed by atoms with Gasteiger partial charge in [-0.3, -0.25) is 0 Å². The number of aromatic nitrogens is 1. The fourth-order valence-electron chi connectivity index (χ4n) is 2.79. The molecule has 131 valence electrons. The van der Waals surface area contributed by atoms with Crippen molar-refractivity contribution in [2.45, 2.75) is 32.8 Å². The van der Waals surface area contributed by atoms with E-state index in [-0.39, 0.29) is 5.41 Å². The third kappa shape index (κ3) is 3.25. The average Bonchev–Trinajstić information content (AvgIpc) is 3.25. The fourth-order valence-corrected chi connectivity index (χ4v) is 3.85. The van der Waals surface area contributed by atoms with Crippen molar-refractivity contribution in [3.8, 4) is 27.4 Å². The normalized spacial score (nSPS) is 11.8. The van der Waals surface area contributed by atoms with Crippen molar-refractivity contribution in [1.29, 1.82) is 0 Å². The van der Waals surface area contributed by atoms with Gasteiger partial charge in [-0.15, -0.1) is 11.3 Å². The molecule has 1 aliphatic heterocycles. The number of ether oxygens (including phenoxy) is 1. The lowest BCUT2D eigenvalue weighted by molar-refractivity contribution is 0.309. The van der Waals surface area contributed by atoms with Gasteiger partial charge in [-0.05, 0) is 23.8 Å². The van der Waals surface area contributed by atoms with Crippen LogP contribution in [0, 0.1) is 6.07 Å². The second-order valence-electron chi connectivity index (χ2n) is 7.28. The van der Waals surface area contributed by atoms with Crippen LogP contribution in [0.15, 0.2) is 58.7 Å². The van der Waals surface area contributed by atoms with E-state index in [0.29, 0.717) is 6.61 Å². The highest BCUT2D eigenvalue weighted by molar-refractivity contribution is 7.13. The van der Waals surface area contributed by atoms with Crippen LogP contribution in [0.25, 0.3) is 21.7 Å². The molecule has 3 nitrogen and oxygen atoms in total. The van der Waals surface area contributed by atoms with Crippen LogP contribution in [-0.4, -0.2) is 4.98 Å². The summed E-state index contributed by atoms with van der Waals surface area (Å²) >= 11 is 1.65. The van der Waals surface area contributed by atoms with Gasteiger partial charge in [0.25, 0.3) is 0 Å². The van der Waals surface area contributed by atoms with Crippen LogP contribution in [0.4, 0.5) is 0 Å². The van der Waals surface area contributed by atoms with Gasteiger partial charge >= 0.3 is 0 Å². The third-order valence-electron chi connectivity index (χ3n) is 4.26. The lowest BCUT2D eigenvalue weighted by atomic mass is 9.93. The summed E-state index contributed by atoms with van der Waals surface area (Å²) in [6, 6.07) is 15.1. The van der Waals surface area contributed by atoms with Gasteiger partial charge in [-0.2, -0.15) is 0 Å². The summed E-state index contributed by atoms with van der Waals surface area (Å²) < 4.78 is 11.6. The zero-order valence-electron chi connectivity index (χ0n) is 15.1. The highest BCUT2D eigenvalue weighted by Crippen LogP contribution is 2.45. The predicted octanol–water partition coefficient (Wildman–Crippen LogP) is 6.18. The lowest BCUT2D eigenvalue weighted by Gasteiger charge is -2.14. The van der Waals surface area contributed by atoms with Crippen molar-refractivity contribution in [3.05, 3.63) is 71.6 Å². The number of fused-ring (bicyclic) bond motifs is 1. The highest BCUT2D eigenvalue weighted by Gasteiger charge is 2.24.